The highest BCUT2D eigenvalue weighted by Crippen LogP contribution is 2.26. The van der Waals surface area contributed by atoms with Crippen LogP contribution in [0.15, 0.2) is 18.2 Å². The van der Waals surface area contributed by atoms with E-state index in [2.05, 4.69) is 0 Å². The van der Waals surface area contributed by atoms with Gasteiger partial charge in [-0.25, -0.2) is 4.79 Å². The van der Waals surface area contributed by atoms with Crippen molar-refractivity contribution >= 4 is 5.97 Å². The van der Waals surface area contributed by atoms with Crippen LogP contribution in [0.3, 0.4) is 0 Å². The van der Waals surface area contributed by atoms with Gasteiger partial charge in [-0.05, 0) is 17.7 Å². The normalized spacial score (nSPS) is 13.4. The summed E-state index contributed by atoms with van der Waals surface area (Å²) < 4.78 is 4.89. The third-order valence-electron chi connectivity index (χ3n) is 2.47. The standard InChI is InChI=1S/C12H13NO5/c1-18-7-2-3-8(9(6-7)12(16)17)11(15)10(14)4-5-13/h2-3,6,10-11,14-15H,4H2,1H3,(H,16,17). The van der Waals surface area contributed by atoms with Crippen molar-refractivity contribution in [2.45, 2.75) is 18.6 Å². The Kier molecular flexibility index (Phi) is 4.66. The molecule has 0 radical (unpaired) electrons. The van der Waals surface area contributed by atoms with Crippen molar-refractivity contribution in [2.24, 2.45) is 0 Å². The fourth-order valence-corrected chi connectivity index (χ4v) is 1.52. The average Bonchev–Trinajstić information content (AvgIpc) is 2.37. The number of benzene rings is 1. The molecule has 0 heterocycles. The number of nitriles is 1. The maximum absolute atomic E-state index is 11.1. The van der Waals surface area contributed by atoms with Crippen LogP contribution < -0.4 is 4.74 Å². The van der Waals surface area contributed by atoms with Crippen LogP contribution in [0.25, 0.3) is 0 Å². The predicted molar refractivity (Wildman–Crippen MR) is 61.1 cm³/mol. The van der Waals surface area contributed by atoms with Gasteiger partial charge in [-0.1, -0.05) is 6.07 Å². The number of carbonyl (C=O) groups is 1. The van der Waals surface area contributed by atoms with E-state index in [-0.39, 0.29) is 17.5 Å². The molecule has 1 aromatic carbocycles. The summed E-state index contributed by atoms with van der Waals surface area (Å²) >= 11 is 0. The van der Waals surface area contributed by atoms with Gasteiger partial charge in [0.2, 0.25) is 0 Å². The molecule has 0 bridgehead atoms. The summed E-state index contributed by atoms with van der Waals surface area (Å²) in [5.74, 6) is -0.912. The zero-order valence-electron chi connectivity index (χ0n) is 9.70. The molecule has 6 heteroatoms. The molecule has 0 aliphatic carbocycles. The van der Waals surface area contributed by atoms with Gasteiger partial charge in [0, 0.05) is 0 Å². The lowest BCUT2D eigenvalue weighted by Gasteiger charge is -2.18. The zero-order chi connectivity index (χ0) is 13.7. The monoisotopic (exact) mass is 251 g/mol. The van der Waals surface area contributed by atoms with Crippen molar-refractivity contribution < 1.29 is 24.9 Å². The van der Waals surface area contributed by atoms with E-state index in [1.165, 1.54) is 25.3 Å². The number of carboxylic acids is 1. The van der Waals surface area contributed by atoms with Crippen LogP contribution in [-0.2, 0) is 0 Å². The summed E-state index contributed by atoms with van der Waals surface area (Å²) in [6.07, 6.45) is -3.05. The van der Waals surface area contributed by atoms with Crippen LogP contribution in [0.1, 0.15) is 28.4 Å². The van der Waals surface area contributed by atoms with Gasteiger partial charge in [-0.3, -0.25) is 0 Å². The highest BCUT2D eigenvalue weighted by atomic mass is 16.5. The molecule has 1 rings (SSSR count). The molecule has 96 valence electrons. The molecule has 3 N–H and O–H groups in total. The number of carboxylic acid groups (broad SMARTS) is 1. The van der Waals surface area contributed by atoms with Gasteiger partial charge in [0.05, 0.1) is 31.3 Å². The van der Waals surface area contributed by atoms with Crippen molar-refractivity contribution in [3.63, 3.8) is 0 Å². The third-order valence-corrected chi connectivity index (χ3v) is 2.47. The minimum absolute atomic E-state index is 0.0473. The van der Waals surface area contributed by atoms with Gasteiger partial charge >= 0.3 is 5.97 Å². The molecule has 0 saturated heterocycles. The minimum atomic E-state index is -1.43. The fourth-order valence-electron chi connectivity index (χ4n) is 1.52. The molecule has 2 atom stereocenters. The molecule has 0 aliphatic heterocycles. The fraction of sp³-hybridized carbons (Fsp3) is 0.333. The molecule has 2 unspecified atom stereocenters. The number of aliphatic hydroxyl groups is 2. The van der Waals surface area contributed by atoms with Crippen LogP contribution in [0, 0.1) is 11.3 Å². The zero-order valence-corrected chi connectivity index (χ0v) is 9.70. The number of rotatable bonds is 5. The van der Waals surface area contributed by atoms with Gasteiger partial charge in [0.1, 0.15) is 11.9 Å². The van der Waals surface area contributed by atoms with E-state index in [1.54, 1.807) is 6.07 Å². The van der Waals surface area contributed by atoms with Gasteiger partial charge in [-0.15, -0.1) is 0 Å². The Balaban J connectivity index is 3.15. The SMILES string of the molecule is COc1ccc(C(O)C(O)CC#N)c(C(=O)O)c1. The summed E-state index contributed by atoms with van der Waals surface area (Å²) in [5.41, 5.74) is -0.120. The summed E-state index contributed by atoms with van der Waals surface area (Å²) in [6, 6.07) is 5.79. The van der Waals surface area contributed by atoms with Crippen LogP contribution in [-0.4, -0.2) is 34.5 Å². The molecule has 0 fully saturated rings. The molecule has 0 aromatic heterocycles. The van der Waals surface area contributed by atoms with E-state index in [0.29, 0.717) is 5.75 Å². The predicted octanol–water partition coefficient (Wildman–Crippen LogP) is 0.701. The van der Waals surface area contributed by atoms with Crippen molar-refractivity contribution in [3.05, 3.63) is 29.3 Å². The Morgan fingerprint density at radius 2 is 2.17 bits per heavy atom. The maximum atomic E-state index is 11.1. The molecule has 0 saturated carbocycles. The quantitative estimate of drug-likeness (QED) is 0.710. The number of nitrogens with zero attached hydrogens (tertiary/aromatic N) is 1. The third kappa shape index (κ3) is 2.97. The Labute approximate surface area is 104 Å². The number of hydrogen-bond acceptors (Lipinski definition) is 5. The van der Waals surface area contributed by atoms with Crippen molar-refractivity contribution in [1.29, 1.82) is 5.26 Å². The topological polar surface area (TPSA) is 111 Å². The first-order valence-corrected chi connectivity index (χ1v) is 5.15. The lowest BCUT2D eigenvalue weighted by Crippen LogP contribution is -2.20. The Bertz CT molecular complexity index is 480. The van der Waals surface area contributed by atoms with Crippen LogP contribution >= 0.6 is 0 Å². The van der Waals surface area contributed by atoms with E-state index in [0.717, 1.165) is 0 Å². The first-order valence-electron chi connectivity index (χ1n) is 5.15. The average molecular weight is 251 g/mol. The van der Waals surface area contributed by atoms with Gasteiger partial charge in [0.15, 0.2) is 0 Å². The first kappa shape index (κ1) is 14.0. The van der Waals surface area contributed by atoms with Gasteiger partial charge < -0.3 is 20.1 Å². The van der Waals surface area contributed by atoms with E-state index in [4.69, 9.17) is 15.1 Å². The number of hydrogen-bond donors (Lipinski definition) is 3. The van der Waals surface area contributed by atoms with E-state index < -0.39 is 18.2 Å². The lowest BCUT2D eigenvalue weighted by atomic mass is 9.97. The van der Waals surface area contributed by atoms with Crippen molar-refractivity contribution in [2.75, 3.05) is 7.11 Å². The molecular formula is C12H13NO5. The van der Waals surface area contributed by atoms with Crippen LogP contribution in [0.5, 0.6) is 5.75 Å². The highest BCUT2D eigenvalue weighted by Gasteiger charge is 2.23. The second kappa shape index (κ2) is 6.00. The summed E-state index contributed by atoms with van der Waals surface area (Å²) in [5, 5.41) is 36.8. The summed E-state index contributed by atoms with van der Waals surface area (Å²) in [6.45, 7) is 0. The largest absolute Gasteiger partial charge is 0.497 e. The molecule has 1 aromatic rings. The highest BCUT2D eigenvalue weighted by molar-refractivity contribution is 5.90. The van der Waals surface area contributed by atoms with Gasteiger partial charge in [-0.2, -0.15) is 5.26 Å². The Morgan fingerprint density at radius 1 is 1.50 bits per heavy atom. The van der Waals surface area contributed by atoms with Crippen molar-refractivity contribution in [3.8, 4) is 11.8 Å². The minimum Gasteiger partial charge on any atom is -0.497 e. The number of aliphatic hydroxyl groups excluding tert-OH is 2. The molecule has 18 heavy (non-hydrogen) atoms. The number of methoxy groups -OCH3 is 1. The molecule has 0 amide bonds. The second-order valence-electron chi connectivity index (χ2n) is 3.63. The Morgan fingerprint density at radius 3 is 2.67 bits per heavy atom. The van der Waals surface area contributed by atoms with E-state index in [9.17, 15) is 15.0 Å². The first-order chi connectivity index (χ1) is 8.51. The van der Waals surface area contributed by atoms with E-state index >= 15 is 0 Å². The smallest absolute Gasteiger partial charge is 0.336 e. The van der Waals surface area contributed by atoms with Crippen molar-refractivity contribution in [1.82, 2.24) is 0 Å². The lowest BCUT2D eigenvalue weighted by molar-refractivity contribution is 0.0205. The molecule has 0 aliphatic rings. The molecule has 0 spiro atoms. The number of aromatic carboxylic acids is 1. The second-order valence-corrected chi connectivity index (χ2v) is 3.63. The van der Waals surface area contributed by atoms with Crippen LogP contribution in [0.4, 0.5) is 0 Å². The molecule has 6 nitrogen and oxygen atoms in total. The summed E-state index contributed by atoms with van der Waals surface area (Å²) in [7, 11) is 1.39. The maximum Gasteiger partial charge on any atom is 0.336 e. The van der Waals surface area contributed by atoms with Crippen LogP contribution in [0.2, 0.25) is 0 Å². The number of ether oxygens (including phenoxy) is 1. The molecular weight excluding hydrogens is 238 g/mol. The van der Waals surface area contributed by atoms with E-state index in [1.807, 2.05) is 0 Å². The summed E-state index contributed by atoms with van der Waals surface area (Å²) in [4.78, 5) is 11.1. The Hall–Kier alpha value is -2.10. The van der Waals surface area contributed by atoms with Gasteiger partial charge in [0.25, 0.3) is 0 Å².